The highest BCUT2D eigenvalue weighted by Gasteiger charge is 2.12. The second kappa shape index (κ2) is 7.49. The van der Waals surface area contributed by atoms with Crippen molar-refractivity contribution in [3.8, 4) is 0 Å². The largest absolute Gasteiger partial charge is 0.465 e. The van der Waals surface area contributed by atoms with Crippen LogP contribution in [0.5, 0.6) is 0 Å². The van der Waals surface area contributed by atoms with Crippen LogP contribution in [0.2, 0.25) is 0 Å². The Balaban J connectivity index is 1.91. The fourth-order valence-electron chi connectivity index (χ4n) is 2.86. The molecule has 0 unspecified atom stereocenters. The van der Waals surface area contributed by atoms with Crippen molar-refractivity contribution >= 4 is 17.0 Å². The number of nitrogens with zero attached hydrogens (tertiary/aromatic N) is 3. The first-order valence-corrected chi connectivity index (χ1v) is 8.34. The number of esters is 1. The number of methoxy groups -OCH3 is 1. The zero-order valence-corrected chi connectivity index (χ0v) is 14.9. The summed E-state index contributed by atoms with van der Waals surface area (Å²) in [6.45, 7) is 1.68. The minimum absolute atomic E-state index is 0.314. The maximum absolute atomic E-state index is 11.6. The highest BCUT2D eigenvalue weighted by atomic mass is 16.5. The Hall–Kier alpha value is -2.66. The Labute approximate surface area is 147 Å². The van der Waals surface area contributed by atoms with Crippen LogP contribution < -0.4 is 0 Å². The van der Waals surface area contributed by atoms with E-state index in [0.29, 0.717) is 5.56 Å². The molecule has 5 heteroatoms. The van der Waals surface area contributed by atoms with Crippen LogP contribution in [0.4, 0.5) is 0 Å². The number of hydrogen-bond acceptors (Lipinski definition) is 4. The number of carbonyl (C=O) groups excluding carboxylic acids is 1. The molecule has 0 amide bonds. The standard InChI is InChI=1S/C20H23N3O2/c1-22(2)13-12-19-21-17-6-4-5-7-18(17)23(19)14-15-8-10-16(11-9-15)20(24)25-3/h4-11H,12-14H2,1-3H3. The molecule has 0 fully saturated rings. The predicted molar refractivity (Wildman–Crippen MR) is 98.9 cm³/mol. The van der Waals surface area contributed by atoms with Crippen molar-refractivity contribution in [1.29, 1.82) is 0 Å². The molecule has 0 N–H and O–H groups in total. The highest BCUT2D eigenvalue weighted by Crippen LogP contribution is 2.19. The minimum atomic E-state index is -0.314. The van der Waals surface area contributed by atoms with Crippen molar-refractivity contribution in [3.63, 3.8) is 0 Å². The van der Waals surface area contributed by atoms with Gasteiger partial charge in [0.2, 0.25) is 0 Å². The molecule has 0 aliphatic rings. The summed E-state index contributed by atoms with van der Waals surface area (Å²) in [5.41, 5.74) is 3.84. The molecule has 0 bridgehead atoms. The molecule has 0 atom stereocenters. The third kappa shape index (κ3) is 3.88. The SMILES string of the molecule is COC(=O)c1ccc(Cn2c(CCN(C)C)nc3ccccc32)cc1. The van der Waals surface area contributed by atoms with Crippen molar-refractivity contribution in [2.45, 2.75) is 13.0 Å². The number of benzene rings is 2. The molecular formula is C20H23N3O2. The maximum Gasteiger partial charge on any atom is 0.337 e. The van der Waals surface area contributed by atoms with Gasteiger partial charge in [0, 0.05) is 19.5 Å². The van der Waals surface area contributed by atoms with Crippen LogP contribution in [0, 0.1) is 0 Å². The molecule has 0 aliphatic heterocycles. The summed E-state index contributed by atoms with van der Waals surface area (Å²) in [4.78, 5) is 18.5. The molecule has 0 saturated heterocycles. The third-order valence-corrected chi connectivity index (χ3v) is 4.23. The van der Waals surface area contributed by atoms with Crippen LogP contribution in [0.3, 0.4) is 0 Å². The summed E-state index contributed by atoms with van der Waals surface area (Å²) < 4.78 is 7.01. The van der Waals surface area contributed by atoms with Gasteiger partial charge in [0.1, 0.15) is 5.82 Å². The number of ether oxygens (including phenoxy) is 1. The smallest absolute Gasteiger partial charge is 0.337 e. The molecule has 130 valence electrons. The van der Waals surface area contributed by atoms with Gasteiger partial charge in [-0.15, -0.1) is 0 Å². The van der Waals surface area contributed by atoms with E-state index in [0.717, 1.165) is 41.9 Å². The minimum Gasteiger partial charge on any atom is -0.465 e. The Kier molecular flexibility index (Phi) is 5.14. The van der Waals surface area contributed by atoms with E-state index in [-0.39, 0.29) is 5.97 Å². The Bertz CT molecular complexity index is 866. The van der Waals surface area contributed by atoms with Crippen LogP contribution in [0.25, 0.3) is 11.0 Å². The van der Waals surface area contributed by atoms with Gasteiger partial charge in [0.05, 0.1) is 23.7 Å². The summed E-state index contributed by atoms with van der Waals surface area (Å²) in [6, 6.07) is 15.7. The molecule has 1 aromatic heterocycles. The average Bonchev–Trinajstić information content (AvgIpc) is 2.97. The van der Waals surface area contributed by atoms with Crippen molar-refractivity contribution in [3.05, 3.63) is 65.5 Å². The third-order valence-electron chi connectivity index (χ3n) is 4.23. The number of hydrogen-bond donors (Lipinski definition) is 0. The molecule has 5 nitrogen and oxygen atoms in total. The molecule has 2 aromatic carbocycles. The normalized spacial score (nSPS) is 11.2. The lowest BCUT2D eigenvalue weighted by molar-refractivity contribution is 0.0600. The molecule has 0 saturated carbocycles. The van der Waals surface area contributed by atoms with Crippen molar-refractivity contribution in [2.24, 2.45) is 0 Å². The monoisotopic (exact) mass is 337 g/mol. The van der Waals surface area contributed by atoms with Crippen LogP contribution in [-0.2, 0) is 17.7 Å². The molecule has 3 aromatic rings. The number of para-hydroxylation sites is 2. The second-order valence-corrected chi connectivity index (χ2v) is 6.34. The molecule has 1 heterocycles. The predicted octanol–water partition coefficient (Wildman–Crippen LogP) is 2.98. The van der Waals surface area contributed by atoms with E-state index in [2.05, 4.69) is 29.6 Å². The number of fused-ring (bicyclic) bond motifs is 1. The molecule has 3 rings (SSSR count). The summed E-state index contributed by atoms with van der Waals surface area (Å²) in [6.07, 6.45) is 0.891. The van der Waals surface area contributed by atoms with Crippen molar-refractivity contribution in [2.75, 3.05) is 27.7 Å². The number of likely N-dealkylation sites (N-methyl/N-ethyl adjacent to an activating group) is 1. The lowest BCUT2D eigenvalue weighted by Crippen LogP contribution is -2.17. The lowest BCUT2D eigenvalue weighted by Gasteiger charge is -2.12. The average molecular weight is 337 g/mol. The Morgan fingerprint density at radius 1 is 1.12 bits per heavy atom. The number of carbonyl (C=O) groups is 1. The Morgan fingerprint density at radius 3 is 2.52 bits per heavy atom. The summed E-state index contributed by atoms with van der Waals surface area (Å²) in [5, 5.41) is 0. The number of rotatable bonds is 6. The van der Waals surface area contributed by atoms with Crippen LogP contribution >= 0.6 is 0 Å². The second-order valence-electron chi connectivity index (χ2n) is 6.34. The van der Waals surface area contributed by atoms with Gasteiger partial charge in [-0.25, -0.2) is 9.78 Å². The molecular weight excluding hydrogens is 314 g/mol. The first-order chi connectivity index (χ1) is 12.1. The van der Waals surface area contributed by atoms with Gasteiger partial charge in [-0.05, 0) is 43.9 Å². The highest BCUT2D eigenvalue weighted by molar-refractivity contribution is 5.89. The summed E-state index contributed by atoms with van der Waals surface area (Å²) in [5.74, 6) is 0.762. The lowest BCUT2D eigenvalue weighted by atomic mass is 10.1. The van der Waals surface area contributed by atoms with Gasteiger partial charge < -0.3 is 14.2 Å². The zero-order chi connectivity index (χ0) is 17.8. The fraction of sp³-hybridized carbons (Fsp3) is 0.300. The van der Waals surface area contributed by atoms with E-state index in [1.54, 1.807) is 12.1 Å². The van der Waals surface area contributed by atoms with E-state index < -0.39 is 0 Å². The topological polar surface area (TPSA) is 47.4 Å². The van der Waals surface area contributed by atoms with Gasteiger partial charge in [-0.1, -0.05) is 24.3 Å². The summed E-state index contributed by atoms with van der Waals surface area (Å²) in [7, 11) is 5.53. The van der Waals surface area contributed by atoms with E-state index in [4.69, 9.17) is 9.72 Å². The van der Waals surface area contributed by atoms with Crippen molar-refractivity contribution < 1.29 is 9.53 Å². The van der Waals surface area contributed by atoms with E-state index in [9.17, 15) is 4.79 Å². The first kappa shape index (κ1) is 17.2. The Morgan fingerprint density at radius 2 is 1.84 bits per heavy atom. The van der Waals surface area contributed by atoms with Crippen molar-refractivity contribution in [1.82, 2.24) is 14.5 Å². The first-order valence-electron chi connectivity index (χ1n) is 8.34. The van der Waals surface area contributed by atoms with Crippen LogP contribution in [-0.4, -0.2) is 48.2 Å². The van der Waals surface area contributed by atoms with Crippen LogP contribution in [0.15, 0.2) is 48.5 Å². The van der Waals surface area contributed by atoms with Gasteiger partial charge in [-0.3, -0.25) is 0 Å². The summed E-state index contributed by atoms with van der Waals surface area (Å²) >= 11 is 0. The fourth-order valence-corrected chi connectivity index (χ4v) is 2.86. The number of imidazole rings is 1. The zero-order valence-electron chi connectivity index (χ0n) is 14.9. The molecule has 0 radical (unpaired) electrons. The molecule has 0 spiro atoms. The van der Waals surface area contributed by atoms with Gasteiger partial charge >= 0.3 is 5.97 Å². The van der Waals surface area contributed by atoms with Crippen LogP contribution in [0.1, 0.15) is 21.7 Å². The van der Waals surface area contributed by atoms with E-state index in [1.165, 1.54) is 7.11 Å². The van der Waals surface area contributed by atoms with Gasteiger partial charge in [-0.2, -0.15) is 0 Å². The van der Waals surface area contributed by atoms with E-state index in [1.807, 2.05) is 30.3 Å². The molecule has 25 heavy (non-hydrogen) atoms. The van der Waals surface area contributed by atoms with Gasteiger partial charge in [0.25, 0.3) is 0 Å². The maximum atomic E-state index is 11.6. The number of aromatic nitrogens is 2. The van der Waals surface area contributed by atoms with E-state index >= 15 is 0 Å². The molecule has 0 aliphatic carbocycles. The van der Waals surface area contributed by atoms with Gasteiger partial charge in [0.15, 0.2) is 0 Å². The quantitative estimate of drug-likeness (QED) is 0.649.